The second kappa shape index (κ2) is 6.48. The molecule has 1 rings (SSSR count). The quantitative estimate of drug-likeness (QED) is 0.739. The largest absolute Gasteiger partial charge is 0.478 e. The lowest BCUT2D eigenvalue weighted by Crippen LogP contribution is -2.21. The van der Waals surface area contributed by atoms with Crippen molar-refractivity contribution in [1.29, 1.82) is 0 Å². The zero-order valence-electron chi connectivity index (χ0n) is 10.2. The molecule has 0 heterocycles. The Balaban J connectivity index is 2.92. The Morgan fingerprint density at radius 1 is 1.47 bits per heavy atom. The summed E-state index contributed by atoms with van der Waals surface area (Å²) in [5.41, 5.74) is -0.620. The van der Waals surface area contributed by atoms with E-state index in [4.69, 9.17) is 9.84 Å². The van der Waals surface area contributed by atoms with Crippen LogP contribution in [0.2, 0.25) is 0 Å². The molecule has 19 heavy (non-hydrogen) atoms. The lowest BCUT2D eigenvalue weighted by atomic mass is 10.2. The molecule has 106 valence electrons. The van der Waals surface area contributed by atoms with E-state index >= 15 is 0 Å². The van der Waals surface area contributed by atoms with E-state index in [0.717, 1.165) is 18.2 Å². The number of rotatable bonds is 7. The van der Waals surface area contributed by atoms with Crippen LogP contribution in [0.15, 0.2) is 18.2 Å². The van der Waals surface area contributed by atoms with E-state index in [1.165, 1.54) is 0 Å². The first kappa shape index (κ1) is 15.4. The molecule has 0 amide bonds. The maximum Gasteiger partial charge on any atom is 0.337 e. The van der Waals surface area contributed by atoms with Crippen LogP contribution in [0, 0.1) is 5.82 Å². The monoisotopic (exact) mass is 291 g/mol. The Bertz CT molecular complexity index is 558. The molecule has 0 aliphatic carbocycles. The van der Waals surface area contributed by atoms with Gasteiger partial charge in [-0.3, -0.25) is 4.72 Å². The second-order valence-electron chi connectivity index (χ2n) is 3.61. The summed E-state index contributed by atoms with van der Waals surface area (Å²) in [4.78, 5) is 10.9. The van der Waals surface area contributed by atoms with Gasteiger partial charge < -0.3 is 9.84 Å². The lowest BCUT2D eigenvalue weighted by Gasteiger charge is -2.10. The van der Waals surface area contributed by atoms with Crippen molar-refractivity contribution in [3.8, 4) is 0 Å². The van der Waals surface area contributed by atoms with Crippen LogP contribution in [0.4, 0.5) is 10.1 Å². The van der Waals surface area contributed by atoms with Crippen LogP contribution in [-0.4, -0.2) is 38.5 Å². The summed E-state index contributed by atoms with van der Waals surface area (Å²) in [7, 11) is -3.78. The van der Waals surface area contributed by atoms with Gasteiger partial charge in [-0.2, -0.15) is 0 Å². The van der Waals surface area contributed by atoms with E-state index in [1.54, 1.807) is 6.92 Å². The van der Waals surface area contributed by atoms with Gasteiger partial charge in [-0.15, -0.1) is 0 Å². The molecular weight excluding hydrogens is 277 g/mol. The second-order valence-corrected chi connectivity index (χ2v) is 5.45. The van der Waals surface area contributed by atoms with Gasteiger partial charge in [0, 0.05) is 6.61 Å². The predicted octanol–water partition coefficient (Wildman–Crippen LogP) is 1.30. The van der Waals surface area contributed by atoms with Crippen molar-refractivity contribution in [1.82, 2.24) is 0 Å². The van der Waals surface area contributed by atoms with Gasteiger partial charge in [-0.1, -0.05) is 0 Å². The predicted molar refractivity (Wildman–Crippen MR) is 67.3 cm³/mol. The van der Waals surface area contributed by atoms with E-state index in [0.29, 0.717) is 6.61 Å². The number of halogens is 1. The van der Waals surface area contributed by atoms with Crippen molar-refractivity contribution in [3.63, 3.8) is 0 Å². The zero-order chi connectivity index (χ0) is 14.5. The Labute approximate surface area is 110 Å². The summed E-state index contributed by atoms with van der Waals surface area (Å²) in [5, 5.41) is 8.89. The number of anilines is 1. The summed E-state index contributed by atoms with van der Waals surface area (Å²) < 4.78 is 43.3. The molecule has 0 aromatic heterocycles. The van der Waals surface area contributed by atoms with Gasteiger partial charge in [0.15, 0.2) is 0 Å². The highest BCUT2D eigenvalue weighted by Gasteiger charge is 2.17. The van der Waals surface area contributed by atoms with E-state index in [2.05, 4.69) is 0 Å². The molecule has 0 saturated heterocycles. The summed E-state index contributed by atoms with van der Waals surface area (Å²) in [6.07, 6.45) is 0. The third kappa shape index (κ3) is 4.84. The molecule has 0 fully saturated rings. The summed E-state index contributed by atoms with van der Waals surface area (Å²) in [6.45, 7) is 2.06. The molecule has 0 saturated carbocycles. The van der Waals surface area contributed by atoms with Gasteiger partial charge in [0.05, 0.1) is 23.6 Å². The zero-order valence-corrected chi connectivity index (χ0v) is 11.0. The van der Waals surface area contributed by atoms with Gasteiger partial charge in [0.1, 0.15) is 5.82 Å². The number of aromatic carboxylic acids is 1. The topological polar surface area (TPSA) is 92.7 Å². The Hall–Kier alpha value is -1.67. The minimum Gasteiger partial charge on any atom is -0.478 e. The third-order valence-electron chi connectivity index (χ3n) is 2.18. The fourth-order valence-corrected chi connectivity index (χ4v) is 2.26. The molecule has 1 aromatic carbocycles. The molecule has 2 N–H and O–H groups in total. The van der Waals surface area contributed by atoms with E-state index in [-0.39, 0.29) is 23.6 Å². The first-order valence-corrected chi connectivity index (χ1v) is 7.12. The SMILES string of the molecule is CCOCCS(=O)(=O)Nc1cc(F)ccc1C(=O)O. The minimum atomic E-state index is -3.78. The Morgan fingerprint density at radius 2 is 2.16 bits per heavy atom. The van der Waals surface area contributed by atoms with Crippen LogP contribution in [0.3, 0.4) is 0 Å². The fraction of sp³-hybridized carbons (Fsp3) is 0.364. The number of hydrogen-bond acceptors (Lipinski definition) is 4. The van der Waals surface area contributed by atoms with Crippen molar-refractivity contribution < 1.29 is 27.4 Å². The number of carbonyl (C=O) groups is 1. The van der Waals surface area contributed by atoms with Crippen molar-refractivity contribution in [2.75, 3.05) is 23.7 Å². The van der Waals surface area contributed by atoms with Crippen molar-refractivity contribution in [3.05, 3.63) is 29.6 Å². The molecule has 0 bridgehead atoms. The number of nitrogens with one attached hydrogen (secondary N) is 1. The highest BCUT2D eigenvalue weighted by atomic mass is 32.2. The molecule has 0 unspecified atom stereocenters. The van der Waals surface area contributed by atoms with Gasteiger partial charge in [0.2, 0.25) is 10.0 Å². The number of sulfonamides is 1. The van der Waals surface area contributed by atoms with Crippen molar-refractivity contribution in [2.24, 2.45) is 0 Å². The van der Waals surface area contributed by atoms with E-state index in [1.807, 2.05) is 4.72 Å². The molecule has 0 spiro atoms. The van der Waals surface area contributed by atoms with E-state index < -0.39 is 21.8 Å². The van der Waals surface area contributed by atoms with Gasteiger partial charge >= 0.3 is 5.97 Å². The minimum absolute atomic E-state index is 0.0243. The number of carboxylic acid groups (broad SMARTS) is 1. The number of ether oxygens (including phenoxy) is 1. The third-order valence-corrected chi connectivity index (χ3v) is 3.41. The molecule has 1 aromatic rings. The van der Waals surface area contributed by atoms with Crippen LogP contribution in [0.5, 0.6) is 0 Å². The van der Waals surface area contributed by atoms with Gasteiger partial charge in [-0.25, -0.2) is 17.6 Å². The number of carboxylic acids is 1. The Morgan fingerprint density at radius 3 is 2.74 bits per heavy atom. The fourth-order valence-electron chi connectivity index (χ4n) is 1.32. The molecule has 8 heteroatoms. The molecule has 0 aliphatic rings. The smallest absolute Gasteiger partial charge is 0.337 e. The molecule has 0 radical (unpaired) electrons. The first-order valence-electron chi connectivity index (χ1n) is 5.47. The van der Waals surface area contributed by atoms with Gasteiger partial charge in [0.25, 0.3) is 0 Å². The van der Waals surface area contributed by atoms with Crippen LogP contribution in [0.25, 0.3) is 0 Å². The average Bonchev–Trinajstić information content (AvgIpc) is 2.28. The van der Waals surface area contributed by atoms with Crippen LogP contribution >= 0.6 is 0 Å². The summed E-state index contributed by atoms with van der Waals surface area (Å²) in [5.74, 6) is -2.41. The molecule has 0 atom stereocenters. The van der Waals surface area contributed by atoms with Crippen LogP contribution in [0.1, 0.15) is 17.3 Å². The normalized spacial score (nSPS) is 11.3. The lowest BCUT2D eigenvalue weighted by molar-refractivity contribution is 0.0698. The number of benzene rings is 1. The number of hydrogen-bond donors (Lipinski definition) is 2. The molecule has 0 aliphatic heterocycles. The average molecular weight is 291 g/mol. The summed E-state index contributed by atoms with van der Waals surface area (Å²) in [6, 6.07) is 2.77. The highest BCUT2D eigenvalue weighted by Crippen LogP contribution is 2.18. The maximum absolute atomic E-state index is 13.0. The van der Waals surface area contributed by atoms with Crippen molar-refractivity contribution >= 4 is 21.7 Å². The molecular formula is C11H14FNO5S. The first-order chi connectivity index (χ1) is 8.85. The summed E-state index contributed by atoms with van der Waals surface area (Å²) >= 11 is 0. The standard InChI is InChI=1S/C11H14FNO5S/c1-2-18-5-6-19(16,17)13-10-7-8(12)3-4-9(10)11(14)15/h3-4,7,13H,2,5-6H2,1H3,(H,14,15). The Kier molecular flexibility index (Phi) is 5.25. The highest BCUT2D eigenvalue weighted by molar-refractivity contribution is 7.92. The van der Waals surface area contributed by atoms with E-state index in [9.17, 15) is 17.6 Å². The van der Waals surface area contributed by atoms with Gasteiger partial charge in [-0.05, 0) is 25.1 Å². The van der Waals surface area contributed by atoms with Crippen LogP contribution < -0.4 is 4.72 Å². The van der Waals surface area contributed by atoms with Crippen molar-refractivity contribution in [2.45, 2.75) is 6.92 Å². The van der Waals surface area contributed by atoms with Crippen LogP contribution in [-0.2, 0) is 14.8 Å². The maximum atomic E-state index is 13.0. The molecule has 6 nitrogen and oxygen atoms in total.